The summed E-state index contributed by atoms with van der Waals surface area (Å²) in [6, 6.07) is 25.6. The van der Waals surface area contributed by atoms with Crippen molar-refractivity contribution in [2.75, 3.05) is 6.61 Å². The molecule has 0 atom stereocenters. The zero-order valence-electron chi connectivity index (χ0n) is 27.0. The Morgan fingerprint density at radius 3 is 1.52 bits per heavy atom. The maximum Gasteiger partial charge on any atom is 0.167 e. The molecular formula is C39H48O3. The standard InChI is InChI=1S/C21H26O2.C18H22O/c1-14(2)19-8-6-18(7-9-19)12-20-16(4)10-15(3)11-21(20)23-13-17(5)22;1-12(2)16-7-5-15(6-8-16)11-17-14(4)9-13(3)10-18(17)19/h6-11,14H,12-13H2,1-5H3;5-10,12,19H,11H2,1-4H3. The first-order valence-corrected chi connectivity index (χ1v) is 15.0. The highest BCUT2D eigenvalue weighted by molar-refractivity contribution is 5.77. The number of carbonyl (C=O) groups is 1. The highest BCUT2D eigenvalue weighted by Crippen LogP contribution is 2.28. The van der Waals surface area contributed by atoms with Crippen molar-refractivity contribution in [3.05, 3.63) is 128 Å². The third-order valence-corrected chi connectivity index (χ3v) is 7.66. The van der Waals surface area contributed by atoms with Crippen LogP contribution in [0.1, 0.15) is 102 Å². The number of aromatic hydroxyl groups is 1. The van der Waals surface area contributed by atoms with E-state index in [4.69, 9.17) is 4.74 Å². The van der Waals surface area contributed by atoms with Crippen molar-refractivity contribution in [3.8, 4) is 11.5 Å². The fraction of sp³-hybridized carbons (Fsp3) is 0.359. The monoisotopic (exact) mass is 564 g/mol. The molecule has 0 amide bonds. The van der Waals surface area contributed by atoms with Crippen molar-refractivity contribution in [3.63, 3.8) is 0 Å². The molecule has 4 aromatic carbocycles. The van der Waals surface area contributed by atoms with E-state index in [1.54, 1.807) is 6.92 Å². The Hall–Kier alpha value is -3.85. The van der Waals surface area contributed by atoms with Crippen LogP contribution in [0, 0.1) is 27.7 Å². The van der Waals surface area contributed by atoms with Crippen molar-refractivity contribution in [1.82, 2.24) is 0 Å². The van der Waals surface area contributed by atoms with Gasteiger partial charge in [-0.3, -0.25) is 4.79 Å². The molecule has 0 radical (unpaired) electrons. The molecule has 0 aliphatic carbocycles. The number of carbonyl (C=O) groups excluding carboxylic acids is 1. The maximum atomic E-state index is 11.2. The fourth-order valence-corrected chi connectivity index (χ4v) is 5.15. The normalized spacial score (nSPS) is 10.9. The van der Waals surface area contributed by atoms with Gasteiger partial charge in [0.1, 0.15) is 18.1 Å². The number of ether oxygens (including phenoxy) is 1. The molecule has 0 bridgehead atoms. The molecule has 0 unspecified atom stereocenters. The van der Waals surface area contributed by atoms with Crippen LogP contribution in [0.4, 0.5) is 0 Å². The lowest BCUT2D eigenvalue weighted by Crippen LogP contribution is -2.09. The molecule has 222 valence electrons. The average Bonchev–Trinajstić information content (AvgIpc) is 2.92. The second-order valence-corrected chi connectivity index (χ2v) is 12.3. The summed E-state index contributed by atoms with van der Waals surface area (Å²) < 4.78 is 5.74. The topological polar surface area (TPSA) is 46.5 Å². The highest BCUT2D eigenvalue weighted by atomic mass is 16.5. The van der Waals surface area contributed by atoms with Gasteiger partial charge < -0.3 is 9.84 Å². The van der Waals surface area contributed by atoms with Crippen LogP contribution in [0.15, 0.2) is 72.8 Å². The molecule has 0 spiro atoms. The molecule has 0 aromatic heterocycles. The summed E-state index contributed by atoms with van der Waals surface area (Å²) in [7, 11) is 0. The van der Waals surface area contributed by atoms with Gasteiger partial charge in [0, 0.05) is 24.0 Å². The summed E-state index contributed by atoms with van der Waals surface area (Å²) in [6.45, 7) is 18.7. The van der Waals surface area contributed by atoms with E-state index < -0.39 is 0 Å². The lowest BCUT2D eigenvalue weighted by molar-refractivity contribution is -0.118. The Bertz CT molecular complexity index is 1450. The van der Waals surface area contributed by atoms with E-state index in [0.717, 1.165) is 46.4 Å². The largest absolute Gasteiger partial charge is 0.508 e. The van der Waals surface area contributed by atoms with Gasteiger partial charge in [-0.15, -0.1) is 0 Å². The van der Waals surface area contributed by atoms with Crippen LogP contribution >= 0.6 is 0 Å². The van der Waals surface area contributed by atoms with Gasteiger partial charge in [0.25, 0.3) is 0 Å². The molecule has 0 aliphatic rings. The Kier molecular flexibility index (Phi) is 11.6. The Morgan fingerprint density at radius 1 is 0.667 bits per heavy atom. The summed E-state index contributed by atoms with van der Waals surface area (Å²) in [6.07, 6.45) is 1.61. The van der Waals surface area contributed by atoms with Gasteiger partial charge in [-0.05, 0) is 103 Å². The van der Waals surface area contributed by atoms with Crippen LogP contribution in [-0.2, 0) is 17.6 Å². The Morgan fingerprint density at radius 2 is 1.10 bits per heavy atom. The molecule has 4 rings (SSSR count). The number of Topliss-reactive ketones (excluding diaryl/α,β-unsaturated/α-hetero) is 1. The summed E-state index contributed by atoms with van der Waals surface area (Å²) in [4.78, 5) is 11.2. The molecule has 1 N–H and O–H groups in total. The van der Waals surface area contributed by atoms with E-state index in [-0.39, 0.29) is 12.4 Å². The van der Waals surface area contributed by atoms with E-state index in [1.165, 1.54) is 27.8 Å². The van der Waals surface area contributed by atoms with Gasteiger partial charge >= 0.3 is 0 Å². The van der Waals surface area contributed by atoms with Crippen molar-refractivity contribution in [2.45, 2.75) is 87.0 Å². The molecule has 0 aliphatic heterocycles. The average molecular weight is 565 g/mol. The molecular weight excluding hydrogens is 516 g/mol. The minimum absolute atomic E-state index is 0.0383. The Balaban J connectivity index is 0.000000235. The molecule has 3 nitrogen and oxygen atoms in total. The summed E-state index contributed by atoms with van der Waals surface area (Å²) in [5, 5.41) is 10.1. The SMILES string of the molecule is CC(=O)COc1cc(C)cc(C)c1Cc1ccc(C(C)C)cc1.Cc1cc(C)c(Cc2ccc(C(C)C)cc2)c(O)c1. The van der Waals surface area contributed by atoms with Crippen molar-refractivity contribution >= 4 is 5.78 Å². The zero-order chi connectivity index (χ0) is 31.0. The van der Waals surface area contributed by atoms with Crippen LogP contribution in [0.2, 0.25) is 0 Å². The first-order valence-electron chi connectivity index (χ1n) is 15.0. The van der Waals surface area contributed by atoms with E-state index in [1.807, 2.05) is 19.1 Å². The molecule has 3 heteroatoms. The predicted octanol–water partition coefficient (Wildman–Crippen LogP) is 9.71. The lowest BCUT2D eigenvalue weighted by Gasteiger charge is -2.15. The molecule has 42 heavy (non-hydrogen) atoms. The number of hydrogen-bond acceptors (Lipinski definition) is 3. The van der Waals surface area contributed by atoms with E-state index >= 15 is 0 Å². The first kappa shape index (κ1) is 32.7. The number of benzene rings is 4. The van der Waals surface area contributed by atoms with E-state index in [9.17, 15) is 9.90 Å². The third kappa shape index (κ3) is 9.34. The second kappa shape index (κ2) is 14.9. The van der Waals surface area contributed by atoms with Crippen LogP contribution in [0.5, 0.6) is 11.5 Å². The summed E-state index contributed by atoms with van der Waals surface area (Å²) in [5.41, 5.74) is 12.0. The van der Waals surface area contributed by atoms with Gasteiger partial charge in [0.05, 0.1) is 0 Å². The van der Waals surface area contributed by atoms with Gasteiger partial charge in [-0.1, -0.05) is 88.4 Å². The van der Waals surface area contributed by atoms with Crippen molar-refractivity contribution < 1.29 is 14.6 Å². The fourth-order valence-electron chi connectivity index (χ4n) is 5.15. The second-order valence-electron chi connectivity index (χ2n) is 12.3. The number of phenols is 1. The quantitative estimate of drug-likeness (QED) is 0.220. The first-order chi connectivity index (χ1) is 19.8. The summed E-state index contributed by atoms with van der Waals surface area (Å²) >= 11 is 0. The zero-order valence-corrected chi connectivity index (χ0v) is 27.0. The molecule has 0 heterocycles. The smallest absolute Gasteiger partial charge is 0.167 e. The van der Waals surface area contributed by atoms with Crippen molar-refractivity contribution in [1.29, 1.82) is 0 Å². The molecule has 0 saturated heterocycles. The van der Waals surface area contributed by atoms with Gasteiger partial charge in [0.15, 0.2) is 5.78 Å². The van der Waals surface area contributed by atoms with Crippen molar-refractivity contribution in [2.24, 2.45) is 0 Å². The van der Waals surface area contributed by atoms with E-state index in [0.29, 0.717) is 17.6 Å². The molecule has 0 fully saturated rings. The number of hydrogen-bond donors (Lipinski definition) is 1. The predicted molar refractivity (Wildman–Crippen MR) is 176 cm³/mol. The van der Waals surface area contributed by atoms with Crippen LogP contribution < -0.4 is 4.74 Å². The number of ketones is 1. The number of phenolic OH excluding ortho intramolecular Hbond substituents is 1. The third-order valence-electron chi connectivity index (χ3n) is 7.66. The number of rotatable bonds is 9. The Labute approximate surface area is 253 Å². The minimum Gasteiger partial charge on any atom is -0.508 e. The van der Waals surface area contributed by atoms with Gasteiger partial charge in [-0.25, -0.2) is 0 Å². The van der Waals surface area contributed by atoms with Crippen LogP contribution in [0.3, 0.4) is 0 Å². The number of aryl methyl sites for hydroxylation is 4. The molecule has 4 aromatic rings. The lowest BCUT2D eigenvalue weighted by atomic mass is 9.95. The van der Waals surface area contributed by atoms with Gasteiger partial charge in [0.2, 0.25) is 0 Å². The summed E-state index contributed by atoms with van der Waals surface area (Å²) in [5.74, 6) is 2.37. The van der Waals surface area contributed by atoms with Crippen LogP contribution in [0.25, 0.3) is 0 Å². The van der Waals surface area contributed by atoms with Gasteiger partial charge in [-0.2, -0.15) is 0 Å². The minimum atomic E-state index is 0.0383. The maximum absolute atomic E-state index is 11.2. The molecule has 0 saturated carbocycles. The van der Waals surface area contributed by atoms with E-state index in [2.05, 4.69) is 109 Å². The highest BCUT2D eigenvalue weighted by Gasteiger charge is 2.11. The van der Waals surface area contributed by atoms with Crippen LogP contribution in [-0.4, -0.2) is 17.5 Å².